The first-order chi connectivity index (χ1) is 11.4. The molecule has 0 radical (unpaired) electrons. The van der Waals surface area contributed by atoms with Crippen molar-refractivity contribution >= 4 is 11.6 Å². The normalized spacial score (nSPS) is 10.7. The molecule has 7 heteroatoms. The molecule has 24 heavy (non-hydrogen) atoms. The first-order valence-corrected chi connectivity index (χ1v) is 7.37. The van der Waals surface area contributed by atoms with Gasteiger partial charge in [0.1, 0.15) is 11.4 Å². The van der Waals surface area contributed by atoms with Crippen molar-refractivity contribution in [3.8, 4) is 5.69 Å². The first kappa shape index (κ1) is 15.8. The third-order valence-corrected chi connectivity index (χ3v) is 3.46. The number of benzene rings is 1. The second-order valence-electron chi connectivity index (χ2n) is 5.50. The molecule has 2 heterocycles. The number of anilines is 1. The zero-order valence-electron chi connectivity index (χ0n) is 13.5. The number of amides is 1. The molecule has 1 aromatic carbocycles. The SMILES string of the molecule is Cc1cnc(C(=O)Nc2ccc(-n3nc(C)cc3C)c(F)c2)cn1. The molecule has 0 aliphatic carbocycles. The fourth-order valence-electron chi connectivity index (χ4n) is 2.33. The third-order valence-electron chi connectivity index (χ3n) is 3.46. The smallest absolute Gasteiger partial charge is 0.275 e. The lowest BCUT2D eigenvalue weighted by molar-refractivity contribution is 0.102. The standard InChI is InChI=1S/C17H16FN5O/c1-10-6-12(3)23(22-10)16-5-4-13(7-14(16)18)21-17(24)15-9-19-11(2)8-20-15/h4-9H,1-3H3,(H,21,24). The predicted molar refractivity (Wildman–Crippen MR) is 87.7 cm³/mol. The number of hydrogen-bond acceptors (Lipinski definition) is 4. The highest BCUT2D eigenvalue weighted by Gasteiger charge is 2.12. The van der Waals surface area contributed by atoms with E-state index in [1.807, 2.05) is 19.9 Å². The molecule has 1 amide bonds. The van der Waals surface area contributed by atoms with Crippen LogP contribution in [0.4, 0.5) is 10.1 Å². The van der Waals surface area contributed by atoms with Crippen LogP contribution in [0.1, 0.15) is 27.6 Å². The van der Waals surface area contributed by atoms with Gasteiger partial charge in [0, 0.05) is 17.6 Å². The van der Waals surface area contributed by atoms with E-state index < -0.39 is 11.7 Å². The summed E-state index contributed by atoms with van der Waals surface area (Å²) in [6.07, 6.45) is 2.88. The van der Waals surface area contributed by atoms with E-state index in [1.165, 1.54) is 23.1 Å². The molecule has 0 unspecified atom stereocenters. The Balaban J connectivity index is 1.83. The largest absolute Gasteiger partial charge is 0.320 e. The number of nitrogens with one attached hydrogen (secondary N) is 1. The molecular formula is C17H16FN5O. The molecule has 0 spiro atoms. The van der Waals surface area contributed by atoms with Gasteiger partial charge >= 0.3 is 0 Å². The van der Waals surface area contributed by atoms with E-state index in [0.717, 1.165) is 11.4 Å². The van der Waals surface area contributed by atoms with Crippen molar-refractivity contribution in [1.29, 1.82) is 0 Å². The van der Waals surface area contributed by atoms with Crippen LogP contribution in [0.25, 0.3) is 5.69 Å². The Morgan fingerprint density at radius 2 is 1.88 bits per heavy atom. The number of rotatable bonds is 3. The summed E-state index contributed by atoms with van der Waals surface area (Å²) < 4.78 is 15.9. The fourth-order valence-corrected chi connectivity index (χ4v) is 2.33. The number of nitrogens with zero attached hydrogens (tertiary/aromatic N) is 4. The predicted octanol–water partition coefficient (Wildman–Crippen LogP) is 2.98. The Kier molecular flexibility index (Phi) is 4.07. The zero-order chi connectivity index (χ0) is 17.3. The van der Waals surface area contributed by atoms with Gasteiger partial charge in [-0.15, -0.1) is 0 Å². The molecule has 122 valence electrons. The highest BCUT2D eigenvalue weighted by Crippen LogP contribution is 2.20. The van der Waals surface area contributed by atoms with Crippen molar-refractivity contribution in [2.45, 2.75) is 20.8 Å². The van der Waals surface area contributed by atoms with E-state index in [-0.39, 0.29) is 5.69 Å². The minimum absolute atomic E-state index is 0.170. The van der Waals surface area contributed by atoms with Crippen LogP contribution >= 0.6 is 0 Å². The van der Waals surface area contributed by atoms with Crippen LogP contribution in [0.3, 0.4) is 0 Å². The summed E-state index contributed by atoms with van der Waals surface area (Å²) in [7, 11) is 0. The average Bonchev–Trinajstić information content (AvgIpc) is 2.86. The van der Waals surface area contributed by atoms with Gasteiger partial charge in [-0.1, -0.05) is 0 Å². The molecule has 0 atom stereocenters. The Bertz CT molecular complexity index is 902. The van der Waals surface area contributed by atoms with E-state index in [1.54, 1.807) is 19.1 Å². The number of aryl methyl sites for hydroxylation is 3. The molecule has 0 saturated heterocycles. The Labute approximate surface area is 138 Å². The maximum Gasteiger partial charge on any atom is 0.275 e. The molecule has 0 fully saturated rings. The zero-order valence-corrected chi connectivity index (χ0v) is 13.5. The van der Waals surface area contributed by atoms with Gasteiger partial charge in [-0.25, -0.2) is 14.1 Å². The van der Waals surface area contributed by atoms with Gasteiger partial charge in [-0.05, 0) is 45.0 Å². The third kappa shape index (κ3) is 3.15. The van der Waals surface area contributed by atoms with Crippen molar-refractivity contribution in [2.24, 2.45) is 0 Å². The summed E-state index contributed by atoms with van der Waals surface area (Å²) in [5.74, 6) is -0.922. The van der Waals surface area contributed by atoms with Crippen LogP contribution < -0.4 is 5.32 Å². The molecule has 0 aliphatic heterocycles. The van der Waals surface area contributed by atoms with Crippen molar-refractivity contribution in [3.05, 3.63) is 65.3 Å². The van der Waals surface area contributed by atoms with Crippen LogP contribution in [0, 0.1) is 26.6 Å². The first-order valence-electron chi connectivity index (χ1n) is 7.37. The second-order valence-corrected chi connectivity index (χ2v) is 5.50. The quantitative estimate of drug-likeness (QED) is 0.803. The summed E-state index contributed by atoms with van der Waals surface area (Å²) in [5.41, 5.74) is 3.19. The molecule has 2 aromatic heterocycles. The molecular weight excluding hydrogens is 309 g/mol. The van der Waals surface area contributed by atoms with Crippen LogP contribution in [0.2, 0.25) is 0 Å². The molecule has 0 saturated carbocycles. The summed E-state index contributed by atoms with van der Waals surface area (Å²) >= 11 is 0. The molecule has 6 nitrogen and oxygen atoms in total. The van der Waals surface area contributed by atoms with Gasteiger partial charge in [-0.2, -0.15) is 5.10 Å². The van der Waals surface area contributed by atoms with Crippen molar-refractivity contribution in [2.75, 3.05) is 5.32 Å². The summed E-state index contributed by atoms with van der Waals surface area (Å²) in [6.45, 7) is 5.48. The number of aromatic nitrogens is 4. The van der Waals surface area contributed by atoms with Gasteiger partial charge < -0.3 is 5.32 Å². The van der Waals surface area contributed by atoms with Crippen molar-refractivity contribution < 1.29 is 9.18 Å². The Morgan fingerprint density at radius 1 is 1.08 bits per heavy atom. The number of carbonyl (C=O) groups excluding carboxylic acids is 1. The maximum atomic E-state index is 14.4. The molecule has 3 aromatic rings. The highest BCUT2D eigenvalue weighted by molar-refractivity contribution is 6.02. The van der Waals surface area contributed by atoms with E-state index in [0.29, 0.717) is 17.1 Å². The van der Waals surface area contributed by atoms with E-state index in [4.69, 9.17) is 0 Å². The monoisotopic (exact) mass is 325 g/mol. The fraction of sp³-hybridized carbons (Fsp3) is 0.176. The van der Waals surface area contributed by atoms with Gasteiger partial charge in [0.15, 0.2) is 5.82 Å². The second kappa shape index (κ2) is 6.19. The lowest BCUT2D eigenvalue weighted by atomic mass is 10.2. The summed E-state index contributed by atoms with van der Waals surface area (Å²) in [5, 5.41) is 6.86. The van der Waals surface area contributed by atoms with E-state index >= 15 is 0 Å². The van der Waals surface area contributed by atoms with Crippen LogP contribution in [-0.4, -0.2) is 25.7 Å². The van der Waals surface area contributed by atoms with Gasteiger partial charge in [0.05, 0.1) is 17.6 Å². The van der Waals surface area contributed by atoms with Crippen molar-refractivity contribution in [3.63, 3.8) is 0 Å². The maximum absolute atomic E-state index is 14.4. The lowest BCUT2D eigenvalue weighted by Crippen LogP contribution is -2.14. The van der Waals surface area contributed by atoms with Crippen molar-refractivity contribution in [1.82, 2.24) is 19.7 Å². The average molecular weight is 325 g/mol. The van der Waals surface area contributed by atoms with Gasteiger partial charge in [0.25, 0.3) is 5.91 Å². The van der Waals surface area contributed by atoms with Crippen LogP contribution in [0.5, 0.6) is 0 Å². The van der Waals surface area contributed by atoms with E-state index in [2.05, 4.69) is 20.4 Å². The van der Waals surface area contributed by atoms with Gasteiger partial charge in [-0.3, -0.25) is 9.78 Å². The molecule has 1 N–H and O–H groups in total. The number of carbonyl (C=O) groups is 1. The topological polar surface area (TPSA) is 72.7 Å². The van der Waals surface area contributed by atoms with Crippen LogP contribution in [0.15, 0.2) is 36.7 Å². The highest BCUT2D eigenvalue weighted by atomic mass is 19.1. The number of halogens is 1. The Hall–Kier alpha value is -3.09. The number of hydrogen-bond donors (Lipinski definition) is 1. The van der Waals surface area contributed by atoms with Crippen LogP contribution in [-0.2, 0) is 0 Å². The Morgan fingerprint density at radius 3 is 2.46 bits per heavy atom. The minimum atomic E-state index is -0.478. The molecule has 3 rings (SSSR count). The minimum Gasteiger partial charge on any atom is -0.320 e. The van der Waals surface area contributed by atoms with E-state index in [9.17, 15) is 9.18 Å². The summed E-state index contributed by atoms with van der Waals surface area (Å²) in [4.78, 5) is 20.1. The lowest BCUT2D eigenvalue weighted by Gasteiger charge is -2.09. The molecule has 0 aliphatic rings. The van der Waals surface area contributed by atoms with Gasteiger partial charge in [0.2, 0.25) is 0 Å². The molecule has 0 bridgehead atoms. The summed E-state index contributed by atoms with van der Waals surface area (Å²) in [6, 6.07) is 6.32.